The molecule has 7 heteroatoms. The average molecular weight is 335 g/mol. The summed E-state index contributed by atoms with van der Waals surface area (Å²) in [4.78, 5) is 31.9. The first kappa shape index (κ1) is 15.3. The minimum absolute atomic E-state index is 0.00519. The lowest BCUT2D eigenvalue weighted by Crippen LogP contribution is -2.39. The molecule has 3 rings (SSSR count). The number of hydrogen-bond acceptors (Lipinski definition) is 5. The van der Waals surface area contributed by atoms with Crippen LogP contribution in [0.15, 0.2) is 24.3 Å². The quantitative estimate of drug-likeness (QED) is 0.862. The van der Waals surface area contributed by atoms with E-state index in [2.05, 4.69) is 4.98 Å². The van der Waals surface area contributed by atoms with Crippen LogP contribution >= 0.6 is 23.1 Å². The third-order valence-corrected chi connectivity index (χ3v) is 5.91. The van der Waals surface area contributed by atoms with Gasteiger partial charge in [0.15, 0.2) is 0 Å². The molecule has 0 N–H and O–H groups in total. The summed E-state index contributed by atoms with van der Waals surface area (Å²) in [6.07, 6.45) is 0. The number of aromatic nitrogens is 1. The van der Waals surface area contributed by atoms with Crippen LogP contribution in [0.2, 0.25) is 0 Å². The molecular weight excluding hydrogens is 318 g/mol. The molecule has 1 fully saturated rings. The van der Waals surface area contributed by atoms with Gasteiger partial charge in [-0.2, -0.15) is 0 Å². The Bertz CT molecular complexity index is 683. The predicted molar refractivity (Wildman–Crippen MR) is 90.2 cm³/mol. The highest BCUT2D eigenvalue weighted by Gasteiger charge is 2.27. The Balaban J connectivity index is 1.71. The number of nitrogens with zero attached hydrogens (tertiary/aromatic N) is 3. The van der Waals surface area contributed by atoms with Crippen LogP contribution < -0.4 is 0 Å². The number of rotatable bonds is 4. The molecule has 2 heterocycles. The molecule has 0 aliphatic carbocycles. The van der Waals surface area contributed by atoms with Crippen molar-refractivity contribution in [3.8, 4) is 0 Å². The van der Waals surface area contributed by atoms with E-state index in [0.717, 1.165) is 21.0 Å². The first-order valence-electron chi connectivity index (χ1n) is 7.09. The van der Waals surface area contributed by atoms with Crippen molar-refractivity contribution in [2.45, 2.75) is 13.0 Å². The van der Waals surface area contributed by atoms with Crippen molar-refractivity contribution in [2.75, 3.05) is 25.9 Å². The van der Waals surface area contributed by atoms with Gasteiger partial charge in [0.2, 0.25) is 5.91 Å². The van der Waals surface area contributed by atoms with E-state index in [0.29, 0.717) is 6.54 Å². The zero-order chi connectivity index (χ0) is 15.7. The molecule has 2 amide bonds. The Kier molecular flexibility index (Phi) is 4.35. The van der Waals surface area contributed by atoms with Gasteiger partial charge in [0.05, 0.1) is 16.3 Å². The van der Waals surface area contributed by atoms with Gasteiger partial charge in [0, 0.05) is 19.3 Å². The number of carbonyl (C=O) groups excluding carboxylic acids is 2. The fourth-order valence-corrected chi connectivity index (χ4v) is 4.18. The molecule has 2 aromatic rings. The molecule has 1 aromatic heterocycles. The van der Waals surface area contributed by atoms with Crippen molar-refractivity contribution < 1.29 is 9.59 Å². The molecule has 0 unspecified atom stereocenters. The fraction of sp³-hybridized carbons (Fsp3) is 0.400. The van der Waals surface area contributed by atoms with Gasteiger partial charge in [0.25, 0.3) is 5.24 Å². The van der Waals surface area contributed by atoms with E-state index in [4.69, 9.17) is 0 Å². The molecule has 1 aliphatic rings. The van der Waals surface area contributed by atoms with Gasteiger partial charge in [-0.3, -0.25) is 9.59 Å². The van der Waals surface area contributed by atoms with Crippen LogP contribution in [-0.2, 0) is 4.79 Å². The highest BCUT2D eigenvalue weighted by Crippen LogP contribution is 2.29. The maximum atomic E-state index is 12.4. The summed E-state index contributed by atoms with van der Waals surface area (Å²) in [5, 5.41) is 0.911. The van der Waals surface area contributed by atoms with E-state index >= 15 is 0 Å². The van der Waals surface area contributed by atoms with E-state index in [1.807, 2.05) is 31.2 Å². The molecule has 5 nitrogen and oxygen atoms in total. The van der Waals surface area contributed by atoms with Gasteiger partial charge in [-0.25, -0.2) is 4.98 Å². The van der Waals surface area contributed by atoms with Crippen molar-refractivity contribution in [3.63, 3.8) is 0 Å². The van der Waals surface area contributed by atoms with Gasteiger partial charge < -0.3 is 9.80 Å². The van der Waals surface area contributed by atoms with Crippen LogP contribution in [0.1, 0.15) is 18.0 Å². The Morgan fingerprint density at radius 3 is 2.91 bits per heavy atom. The maximum Gasteiger partial charge on any atom is 0.282 e. The number of likely N-dealkylation sites (N-methyl/N-ethyl adjacent to an activating group) is 1. The minimum Gasteiger partial charge on any atom is -0.335 e. The topological polar surface area (TPSA) is 53.5 Å². The van der Waals surface area contributed by atoms with E-state index in [-0.39, 0.29) is 23.7 Å². The standard InChI is InChI=1S/C15H17N3O2S2/c1-10(14-16-11-5-3-4-6-12(11)22-14)17(2)13(19)9-18-7-8-21-15(18)20/h3-6,10H,7-9H2,1-2H3/t10-/m0/s1. The summed E-state index contributed by atoms with van der Waals surface area (Å²) in [5.41, 5.74) is 0.960. The van der Waals surface area contributed by atoms with Crippen LogP contribution in [-0.4, -0.2) is 51.8 Å². The molecule has 116 valence electrons. The monoisotopic (exact) mass is 335 g/mol. The average Bonchev–Trinajstić information content (AvgIpc) is 3.12. The number of benzene rings is 1. The van der Waals surface area contributed by atoms with Gasteiger partial charge in [-0.05, 0) is 19.1 Å². The Hall–Kier alpha value is -1.60. The molecule has 1 aliphatic heterocycles. The number of carbonyl (C=O) groups is 2. The molecule has 0 radical (unpaired) electrons. The third kappa shape index (κ3) is 2.96. The smallest absolute Gasteiger partial charge is 0.282 e. The largest absolute Gasteiger partial charge is 0.335 e. The van der Waals surface area contributed by atoms with E-state index in [1.165, 1.54) is 11.8 Å². The molecule has 0 bridgehead atoms. The second kappa shape index (κ2) is 6.26. The lowest BCUT2D eigenvalue weighted by molar-refractivity contribution is -0.132. The summed E-state index contributed by atoms with van der Waals surface area (Å²) in [6, 6.07) is 7.85. The number of thiazole rings is 1. The van der Waals surface area contributed by atoms with Crippen molar-refractivity contribution in [3.05, 3.63) is 29.3 Å². The lowest BCUT2D eigenvalue weighted by atomic mass is 10.3. The number of para-hydroxylation sites is 1. The van der Waals surface area contributed by atoms with Gasteiger partial charge in [-0.1, -0.05) is 23.9 Å². The Morgan fingerprint density at radius 1 is 1.45 bits per heavy atom. The van der Waals surface area contributed by atoms with Crippen LogP contribution in [0, 0.1) is 0 Å². The second-order valence-electron chi connectivity index (χ2n) is 5.24. The van der Waals surface area contributed by atoms with Crippen molar-refractivity contribution in [2.24, 2.45) is 0 Å². The Labute approximate surface area is 137 Å². The van der Waals surface area contributed by atoms with Crippen molar-refractivity contribution in [1.82, 2.24) is 14.8 Å². The van der Waals surface area contributed by atoms with Gasteiger partial charge in [-0.15, -0.1) is 11.3 Å². The number of thioether (sulfide) groups is 1. The van der Waals surface area contributed by atoms with Crippen LogP contribution in [0.25, 0.3) is 10.2 Å². The lowest BCUT2D eigenvalue weighted by Gasteiger charge is -2.25. The maximum absolute atomic E-state index is 12.4. The molecule has 1 aromatic carbocycles. The molecule has 0 spiro atoms. The second-order valence-corrected chi connectivity index (χ2v) is 7.34. The van der Waals surface area contributed by atoms with Gasteiger partial charge in [0.1, 0.15) is 11.6 Å². The predicted octanol–water partition coefficient (Wildman–Crippen LogP) is 2.98. The third-order valence-electron chi connectivity index (χ3n) is 3.81. The van der Waals surface area contributed by atoms with E-state index in [1.54, 1.807) is 28.2 Å². The summed E-state index contributed by atoms with van der Waals surface area (Å²) in [5.74, 6) is 0.714. The highest BCUT2D eigenvalue weighted by atomic mass is 32.2. The fourth-order valence-electron chi connectivity index (χ4n) is 2.29. The van der Waals surface area contributed by atoms with E-state index < -0.39 is 0 Å². The van der Waals surface area contributed by atoms with Gasteiger partial charge >= 0.3 is 0 Å². The summed E-state index contributed by atoms with van der Waals surface area (Å²) < 4.78 is 1.12. The zero-order valence-electron chi connectivity index (χ0n) is 12.5. The normalized spacial score (nSPS) is 16.3. The van der Waals surface area contributed by atoms with Crippen LogP contribution in [0.4, 0.5) is 4.79 Å². The summed E-state index contributed by atoms with van der Waals surface area (Å²) >= 11 is 2.88. The van der Waals surface area contributed by atoms with Crippen molar-refractivity contribution in [1.29, 1.82) is 0 Å². The first-order chi connectivity index (χ1) is 10.6. The van der Waals surface area contributed by atoms with Crippen LogP contribution in [0.5, 0.6) is 0 Å². The van der Waals surface area contributed by atoms with Crippen molar-refractivity contribution >= 4 is 44.5 Å². The SMILES string of the molecule is C[C@@H](c1nc2ccccc2s1)N(C)C(=O)CN1CCSC1=O. The summed E-state index contributed by atoms with van der Waals surface area (Å²) in [6.45, 7) is 2.77. The Morgan fingerprint density at radius 2 is 2.23 bits per heavy atom. The van der Waals surface area contributed by atoms with Crippen LogP contribution in [0.3, 0.4) is 0 Å². The summed E-state index contributed by atoms with van der Waals surface area (Å²) in [7, 11) is 1.77. The molecule has 0 saturated carbocycles. The minimum atomic E-state index is -0.102. The number of amides is 2. The molecule has 1 atom stereocenters. The molecular formula is C15H17N3O2S2. The molecule has 1 saturated heterocycles. The number of hydrogen-bond donors (Lipinski definition) is 0. The zero-order valence-corrected chi connectivity index (χ0v) is 14.1. The van der Waals surface area contributed by atoms with E-state index in [9.17, 15) is 9.59 Å². The highest BCUT2D eigenvalue weighted by molar-refractivity contribution is 8.13. The first-order valence-corrected chi connectivity index (χ1v) is 8.89. The number of fused-ring (bicyclic) bond motifs is 1. The molecule has 22 heavy (non-hydrogen) atoms.